The minimum Gasteiger partial charge on any atom is -0.481 e. The molecule has 1 saturated carbocycles. The van der Waals surface area contributed by atoms with Crippen molar-refractivity contribution in [1.82, 2.24) is 9.78 Å². The van der Waals surface area contributed by atoms with Gasteiger partial charge in [-0.2, -0.15) is 5.10 Å². The lowest BCUT2D eigenvalue weighted by atomic mass is 9.95. The van der Waals surface area contributed by atoms with Crippen molar-refractivity contribution in [3.8, 4) is 0 Å². The average molecular weight is 237 g/mol. The van der Waals surface area contributed by atoms with Crippen LogP contribution >= 0.6 is 0 Å². The van der Waals surface area contributed by atoms with Crippen LogP contribution in [0.3, 0.4) is 0 Å². The van der Waals surface area contributed by atoms with E-state index < -0.39 is 17.8 Å². The van der Waals surface area contributed by atoms with Gasteiger partial charge < -0.3 is 10.4 Å². The first kappa shape index (κ1) is 11.6. The smallest absolute Gasteiger partial charge is 0.307 e. The fourth-order valence-corrected chi connectivity index (χ4v) is 2.27. The largest absolute Gasteiger partial charge is 0.481 e. The van der Waals surface area contributed by atoms with Gasteiger partial charge in [-0.3, -0.25) is 14.3 Å². The minimum absolute atomic E-state index is 0.242. The number of nitrogens with one attached hydrogen (secondary N) is 1. The monoisotopic (exact) mass is 237 g/mol. The third-order valence-electron chi connectivity index (χ3n) is 3.13. The molecule has 0 aromatic carbocycles. The molecule has 6 nitrogen and oxygen atoms in total. The zero-order valence-corrected chi connectivity index (χ0v) is 9.59. The summed E-state index contributed by atoms with van der Waals surface area (Å²) in [6.07, 6.45) is 3.72. The van der Waals surface area contributed by atoms with E-state index in [4.69, 9.17) is 5.11 Å². The van der Waals surface area contributed by atoms with Crippen molar-refractivity contribution in [2.75, 3.05) is 5.32 Å². The molecule has 0 unspecified atom stereocenters. The molecule has 1 aromatic heterocycles. The van der Waals surface area contributed by atoms with Gasteiger partial charge in [0, 0.05) is 19.3 Å². The number of nitrogens with zero attached hydrogens (tertiary/aromatic N) is 2. The van der Waals surface area contributed by atoms with Crippen molar-refractivity contribution >= 4 is 17.7 Å². The normalized spacial score (nSPS) is 23.6. The van der Waals surface area contributed by atoms with Crippen molar-refractivity contribution in [1.29, 1.82) is 0 Å². The maximum absolute atomic E-state index is 11.9. The molecule has 92 valence electrons. The van der Waals surface area contributed by atoms with Gasteiger partial charge in [0.2, 0.25) is 5.91 Å². The standard InChI is InChI=1S/C11H15N3O3/c1-14-6-5-9(13-14)12-10(15)7-3-2-4-8(7)11(16)17/h5-8H,2-4H2,1H3,(H,16,17)(H,12,13,15)/t7-,8+/m1/s1. The summed E-state index contributed by atoms with van der Waals surface area (Å²) >= 11 is 0. The molecule has 1 heterocycles. The van der Waals surface area contributed by atoms with Crippen LogP contribution < -0.4 is 5.32 Å². The van der Waals surface area contributed by atoms with Gasteiger partial charge in [-0.05, 0) is 12.8 Å². The van der Waals surface area contributed by atoms with E-state index in [1.54, 1.807) is 24.0 Å². The highest BCUT2D eigenvalue weighted by Crippen LogP contribution is 2.32. The van der Waals surface area contributed by atoms with E-state index in [9.17, 15) is 9.59 Å². The number of carboxylic acids is 1. The van der Waals surface area contributed by atoms with Crippen LogP contribution in [0.2, 0.25) is 0 Å². The summed E-state index contributed by atoms with van der Waals surface area (Å²) in [6, 6.07) is 1.68. The lowest BCUT2D eigenvalue weighted by Gasteiger charge is -2.14. The highest BCUT2D eigenvalue weighted by molar-refractivity contribution is 5.94. The average Bonchev–Trinajstić information content (AvgIpc) is 2.86. The molecule has 17 heavy (non-hydrogen) atoms. The van der Waals surface area contributed by atoms with Gasteiger partial charge in [-0.1, -0.05) is 6.42 Å². The number of carbonyl (C=O) groups excluding carboxylic acids is 1. The number of hydrogen-bond acceptors (Lipinski definition) is 3. The summed E-state index contributed by atoms with van der Waals surface area (Å²) in [4.78, 5) is 22.9. The van der Waals surface area contributed by atoms with Crippen LogP contribution in [-0.4, -0.2) is 26.8 Å². The van der Waals surface area contributed by atoms with Gasteiger partial charge >= 0.3 is 5.97 Å². The van der Waals surface area contributed by atoms with Crippen LogP contribution in [-0.2, 0) is 16.6 Å². The third-order valence-corrected chi connectivity index (χ3v) is 3.13. The topological polar surface area (TPSA) is 84.2 Å². The van der Waals surface area contributed by atoms with Crippen LogP contribution in [0.4, 0.5) is 5.82 Å². The van der Waals surface area contributed by atoms with E-state index in [1.807, 2.05) is 0 Å². The van der Waals surface area contributed by atoms with Crippen molar-refractivity contribution < 1.29 is 14.7 Å². The predicted molar refractivity (Wildman–Crippen MR) is 60.3 cm³/mol. The van der Waals surface area contributed by atoms with E-state index in [0.717, 1.165) is 6.42 Å². The van der Waals surface area contributed by atoms with Crippen LogP contribution in [0.15, 0.2) is 12.3 Å². The summed E-state index contributed by atoms with van der Waals surface area (Å²) in [5, 5.41) is 15.7. The minimum atomic E-state index is -0.885. The van der Waals surface area contributed by atoms with Gasteiger partial charge in [0.25, 0.3) is 0 Å². The van der Waals surface area contributed by atoms with E-state index >= 15 is 0 Å². The van der Waals surface area contributed by atoms with E-state index in [1.165, 1.54) is 0 Å². The summed E-state index contributed by atoms with van der Waals surface area (Å²) in [5.74, 6) is -1.65. The van der Waals surface area contributed by atoms with Crippen molar-refractivity contribution in [3.63, 3.8) is 0 Å². The van der Waals surface area contributed by atoms with Gasteiger partial charge in [0.05, 0.1) is 11.8 Å². The highest BCUT2D eigenvalue weighted by atomic mass is 16.4. The summed E-state index contributed by atoms with van der Waals surface area (Å²) in [7, 11) is 1.76. The molecule has 0 saturated heterocycles. The fourth-order valence-electron chi connectivity index (χ4n) is 2.27. The third kappa shape index (κ3) is 2.46. The molecule has 1 amide bonds. The number of rotatable bonds is 3. The number of aryl methyl sites for hydroxylation is 1. The lowest BCUT2D eigenvalue weighted by Crippen LogP contribution is -2.30. The Balaban J connectivity index is 2.02. The summed E-state index contributed by atoms with van der Waals surface area (Å²) in [5.41, 5.74) is 0. The van der Waals surface area contributed by atoms with E-state index in [2.05, 4.69) is 10.4 Å². The molecule has 1 aliphatic rings. The molecule has 6 heteroatoms. The van der Waals surface area contributed by atoms with Gasteiger partial charge in [0.15, 0.2) is 5.82 Å². The molecule has 0 spiro atoms. The maximum Gasteiger partial charge on any atom is 0.307 e. The van der Waals surface area contributed by atoms with Gasteiger partial charge in [-0.25, -0.2) is 0 Å². The molecule has 0 radical (unpaired) electrons. The van der Waals surface area contributed by atoms with Crippen LogP contribution in [0.25, 0.3) is 0 Å². The number of carbonyl (C=O) groups is 2. The number of aromatic nitrogens is 2. The van der Waals surface area contributed by atoms with Crippen LogP contribution in [0.5, 0.6) is 0 Å². The number of hydrogen-bond donors (Lipinski definition) is 2. The van der Waals surface area contributed by atoms with Crippen LogP contribution in [0.1, 0.15) is 19.3 Å². The Morgan fingerprint density at radius 3 is 2.76 bits per heavy atom. The van der Waals surface area contributed by atoms with Crippen LogP contribution in [0, 0.1) is 11.8 Å². The second-order valence-electron chi connectivity index (χ2n) is 4.35. The molecule has 2 N–H and O–H groups in total. The predicted octanol–water partition coefficient (Wildman–Crippen LogP) is 0.859. The van der Waals surface area contributed by atoms with Gasteiger partial charge in [-0.15, -0.1) is 0 Å². The van der Waals surface area contributed by atoms with Gasteiger partial charge in [0.1, 0.15) is 0 Å². The highest BCUT2D eigenvalue weighted by Gasteiger charge is 2.37. The molecule has 0 bridgehead atoms. The first-order valence-corrected chi connectivity index (χ1v) is 5.61. The number of anilines is 1. The Morgan fingerprint density at radius 2 is 2.18 bits per heavy atom. The maximum atomic E-state index is 11.9. The Hall–Kier alpha value is -1.85. The Morgan fingerprint density at radius 1 is 1.47 bits per heavy atom. The molecule has 1 aliphatic carbocycles. The Kier molecular flexibility index (Phi) is 3.12. The zero-order chi connectivity index (χ0) is 12.4. The van der Waals surface area contributed by atoms with Crippen molar-refractivity contribution in [2.45, 2.75) is 19.3 Å². The Labute approximate surface area is 98.6 Å². The number of aliphatic carboxylic acids is 1. The SMILES string of the molecule is Cn1ccc(NC(=O)[C@@H]2CCC[C@@H]2C(=O)O)n1. The molecule has 0 aliphatic heterocycles. The fraction of sp³-hybridized carbons (Fsp3) is 0.545. The second-order valence-corrected chi connectivity index (χ2v) is 4.35. The molecular weight excluding hydrogens is 222 g/mol. The first-order valence-electron chi connectivity index (χ1n) is 5.61. The van der Waals surface area contributed by atoms with Crippen molar-refractivity contribution in [3.05, 3.63) is 12.3 Å². The Bertz CT molecular complexity index is 441. The van der Waals surface area contributed by atoms with E-state index in [-0.39, 0.29) is 5.91 Å². The molecule has 2 atom stereocenters. The lowest BCUT2D eigenvalue weighted by molar-refractivity contribution is -0.145. The quantitative estimate of drug-likeness (QED) is 0.816. The summed E-state index contributed by atoms with van der Waals surface area (Å²) in [6.45, 7) is 0. The molecule has 2 rings (SSSR count). The second kappa shape index (κ2) is 4.57. The number of carboxylic acid groups (broad SMARTS) is 1. The molecule has 1 fully saturated rings. The first-order chi connectivity index (χ1) is 8.08. The molecule has 1 aromatic rings. The van der Waals surface area contributed by atoms with E-state index in [0.29, 0.717) is 18.7 Å². The molecular formula is C11H15N3O3. The van der Waals surface area contributed by atoms with Crippen molar-refractivity contribution in [2.24, 2.45) is 18.9 Å². The summed E-state index contributed by atoms with van der Waals surface area (Å²) < 4.78 is 1.58. The number of amides is 1. The zero-order valence-electron chi connectivity index (χ0n) is 9.59.